The smallest absolute Gasteiger partial charge is 0.223 e. The molecule has 0 spiro atoms. The van der Waals surface area contributed by atoms with Gasteiger partial charge in [0, 0.05) is 19.5 Å². The Kier molecular flexibility index (Phi) is 2.13. The van der Waals surface area contributed by atoms with E-state index in [-0.39, 0.29) is 5.41 Å². The molecule has 2 unspecified atom stereocenters. The predicted molar refractivity (Wildman–Crippen MR) is 56.8 cm³/mol. The Morgan fingerprint density at radius 2 is 1.79 bits per heavy atom. The lowest BCUT2D eigenvalue weighted by atomic mass is 9.91. The summed E-state index contributed by atoms with van der Waals surface area (Å²) in [7, 11) is 0. The third-order valence-corrected chi connectivity index (χ3v) is 3.66. The van der Waals surface area contributed by atoms with Gasteiger partial charge in [0.15, 0.2) is 0 Å². The standard InChI is InChI=1S/C12H21NO/c1-8-9-6-13(7-10(8)9)11(14)5-12(2,3)4/h8-10H,5-7H2,1-4H3. The number of rotatable bonds is 1. The zero-order valence-corrected chi connectivity index (χ0v) is 9.71. The minimum atomic E-state index is 0.134. The Balaban J connectivity index is 1.84. The number of nitrogens with zero attached hydrogens (tertiary/aromatic N) is 1. The van der Waals surface area contributed by atoms with Crippen molar-refractivity contribution in [3.05, 3.63) is 0 Å². The van der Waals surface area contributed by atoms with Gasteiger partial charge in [0.25, 0.3) is 0 Å². The fourth-order valence-corrected chi connectivity index (χ4v) is 2.59. The van der Waals surface area contributed by atoms with Gasteiger partial charge in [-0.2, -0.15) is 0 Å². The van der Waals surface area contributed by atoms with E-state index in [0.717, 1.165) is 30.8 Å². The van der Waals surface area contributed by atoms with Crippen LogP contribution in [0.25, 0.3) is 0 Å². The lowest BCUT2D eigenvalue weighted by Crippen LogP contribution is -2.33. The van der Waals surface area contributed by atoms with Gasteiger partial charge in [0.2, 0.25) is 5.91 Å². The van der Waals surface area contributed by atoms with Crippen LogP contribution in [-0.2, 0) is 4.79 Å². The van der Waals surface area contributed by atoms with E-state index in [9.17, 15) is 4.79 Å². The van der Waals surface area contributed by atoms with Crippen LogP contribution in [0.5, 0.6) is 0 Å². The first-order chi connectivity index (χ1) is 6.38. The zero-order chi connectivity index (χ0) is 10.5. The first kappa shape index (κ1) is 10.0. The maximum Gasteiger partial charge on any atom is 0.223 e. The second-order valence-electron chi connectivity index (χ2n) is 6.22. The molecule has 0 bridgehead atoms. The van der Waals surface area contributed by atoms with Crippen molar-refractivity contribution in [3.63, 3.8) is 0 Å². The molecule has 1 heterocycles. The van der Waals surface area contributed by atoms with Crippen LogP contribution in [0.3, 0.4) is 0 Å². The lowest BCUT2D eigenvalue weighted by molar-refractivity contribution is -0.132. The maximum atomic E-state index is 11.9. The van der Waals surface area contributed by atoms with Crippen LogP contribution in [-0.4, -0.2) is 23.9 Å². The molecule has 1 aliphatic carbocycles. The molecule has 0 aromatic heterocycles. The number of likely N-dealkylation sites (tertiary alicyclic amines) is 1. The highest BCUT2D eigenvalue weighted by atomic mass is 16.2. The van der Waals surface area contributed by atoms with Crippen LogP contribution in [0.1, 0.15) is 34.1 Å². The molecule has 0 aromatic rings. The predicted octanol–water partition coefficient (Wildman–Crippen LogP) is 2.15. The van der Waals surface area contributed by atoms with E-state index in [1.165, 1.54) is 0 Å². The molecule has 80 valence electrons. The molecule has 2 fully saturated rings. The second-order valence-corrected chi connectivity index (χ2v) is 6.22. The van der Waals surface area contributed by atoms with Gasteiger partial charge >= 0.3 is 0 Å². The fourth-order valence-electron chi connectivity index (χ4n) is 2.59. The number of carbonyl (C=O) groups is 1. The first-order valence-corrected chi connectivity index (χ1v) is 5.66. The number of hydrogen-bond acceptors (Lipinski definition) is 1. The number of fused-ring (bicyclic) bond motifs is 1. The Morgan fingerprint density at radius 3 is 2.21 bits per heavy atom. The molecule has 1 saturated carbocycles. The monoisotopic (exact) mass is 195 g/mol. The highest BCUT2D eigenvalue weighted by Crippen LogP contribution is 2.51. The number of amides is 1. The number of carbonyl (C=O) groups excluding carboxylic acids is 1. The molecule has 2 rings (SSSR count). The van der Waals surface area contributed by atoms with Gasteiger partial charge in [-0.3, -0.25) is 4.79 Å². The van der Waals surface area contributed by atoms with Crippen molar-refractivity contribution in [3.8, 4) is 0 Å². The summed E-state index contributed by atoms with van der Waals surface area (Å²) in [5.74, 6) is 2.91. The normalized spacial score (nSPS) is 35.7. The van der Waals surface area contributed by atoms with Crippen LogP contribution in [0.2, 0.25) is 0 Å². The zero-order valence-electron chi connectivity index (χ0n) is 9.71. The summed E-state index contributed by atoms with van der Waals surface area (Å²) in [6.45, 7) is 10.8. The molecule has 0 aromatic carbocycles. The Labute approximate surface area is 86.7 Å². The van der Waals surface area contributed by atoms with E-state index in [2.05, 4.69) is 32.6 Å². The van der Waals surface area contributed by atoms with Crippen molar-refractivity contribution in [2.75, 3.05) is 13.1 Å². The maximum absolute atomic E-state index is 11.9. The lowest BCUT2D eigenvalue weighted by Gasteiger charge is -2.24. The Morgan fingerprint density at radius 1 is 1.29 bits per heavy atom. The van der Waals surface area contributed by atoms with E-state index < -0.39 is 0 Å². The highest BCUT2D eigenvalue weighted by molar-refractivity contribution is 5.77. The van der Waals surface area contributed by atoms with Crippen molar-refractivity contribution < 1.29 is 4.79 Å². The van der Waals surface area contributed by atoms with Gasteiger partial charge in [-0.25, -0.2) is 0 Å². The largest absolute Gasteiger partial charge is 0.342 e. The van der Waals surface area contributed by atoms with Crippen LogP contribution in [0.15, 0.2) is 0 Å². The van der Waals surface area contributed by atoms with Gasteiger partial charge < -0.3 is 4.90 Å². The van der Waals surface area contributed by atoms with Gasteiger partial charge in [0.1, 0.15) is 0 Å². The van der Waals surface area contributed by atoms with Gasteiger partial charge in [-0.15, -0.1) is 0 Å². The highest BCUT2D eigenvalue weighted by Gasteiger charge is 2.53. The molecule has 14 heavy (non-hydrogen) atoms. The van der Waals surface area contributed by atoms with E-state index >= 15 is 0 Å². The van der Waals surface area contributed by atoms with Crippen molar-refractivity contribution in [1.82, 2.24) is 4.90 Å². The Hall–Kier alpha value is -0.530. The summed E-state index contributed by atoms with van der Waals surface area (Å²) < 4.78 is 0. The van der Waals surface area contributed by atoms with Crippen molar-refractivity contribution in [2.45, 2.75) is 34.1 Å². The second kappa shape index (κ2) is 2.98. The molecule has 2 nitrogen and oxygen atoms in total. The molecule has 2 atom stereocenters. The van der Waals surface area contributed by atoms with Crippen LogP contribution in [0.4, 0.5) is 0 Å². The van der Waals surface area contributed by atoms with E-state index in [1.54, 1.807) is 0 Å². The quantitative estimate of drug-likeness (QED) is 0.628. The molecule has 2 heteroatoms. The van der Waals surface area contributed by atoms with E-state index in [0.29, 0.717) is 12.3 Å². The van der Waals surface area contributed by atoms with Gasteiger partial charge in [0.05, 0.1) is 0 Å². The molecule has 0 N–H and O–H groups in total. The van der Waals surface area contributed by atoms with Gasteiger partial charge in [-0.1, -0.05) is 27.7 Å². The molecular weight excluding hydrogens is 174 g/mol. The summed E-state index contributed by atoms with van der Waals surface area (Å²) in [6, 6.07) is 0. The third kappa shape index (κ3) is 1.79. The summed E-state index contributed by atoms with van der Waals surface area (Å²) >= 11 is 0. The third-order valence-electron chi connectivity index (χ3n) is 3.66. The topological polar surface area (TPSA) is 20.3 Å². The molecule has 1 saturated heterocycles. The average Bonchev–Trinajstić information content (AvgIpc) is 2.47. The van der Waals surface area contributed by atoms with E-state index in [4.69, 9.17) is 0 Å². The van der Waals surface area contributed by atoms with Crippen LogP contribution in [0, 0.1) is 23.2 Å². The van der Waals surface area contributed by atoms with Crippen LogP contribution < -0.4 is 0 Å². The minimum absolute atomic E-state index is 0.134. The van der Waals surface area contributed by atoms with E-state index in [1.807, 2.05) is 0 Å². The summed E-state index contributed by atoms with van der Waals surface area (Å²) in [5, 5.41) is 0. The minimum Gasteiger partial charge on any atom is -0.342 e. The van der Waals surface area contributed by atoms with Crippen molar-refractivity contribution in [2.24, 2.45) is 23.2 Å². The van der Waals surface area contributed by atoms with Crippen molar-refractivity contribution >= 4 is 5.91 Å². The SMILES string of the molecule is CC1C2CN(C(=O)CC(C)(C)C)CC12. The fraction of sp³-hybridized carbons (Fsp3) is 0.917. The molecule has 0 radical (unpaired) electrons. The number of hydrogen-bond donors (Lipinski definition) is 0. The molecular formula is C12H21NO. The van der Waals surface area contributed by atoms with Crippen molar-refractivity contribution in [1.29, 1.82) is 0 Å². The van der Waals surface area contributed by atoms with Crippen LogP contribution >= 0.6 is 0 Å². The average molecular weight is 195 g/mol. The summed E-state index contributed by atoms with van der Waals surface area (Å²) in [4.78, 5) is 13.9. The number of piperidine rings is 1. The first-order valence-electron chi connectivity index (χ1n) is 5.66. The Bertz CT molecular complexity index is 242. The molecule has 2 aliphatic rings. The van der Waals surface area contributed by atoms with Gasteiger partial charge in [-0.05, 0) is 23.2 Å². The summed E-state index contributed by atoms with van der Waals surface area (Å²) in [6.07, 6.45) is 0.695. The molecule has 1 amide bonds. The summed E-state index contributed by atoms with van der Waals surface area (Å²) in [5.41, 5.74) is 0.134. The molecule has 1 aliphatic heterocycles.